The van der Waals surface area contributed by atoms with Gasteiger partial charge in [-0.1, -0.05) is 0 Å². The predicted molar refractivity (Wildman–Crippen MR) is 53.2 cm³/mol. The van der Waals surface area contributed by atoms with Gasteiger partial charge in [0.1, 0.15) is 0 Å². The zero-order valence-electron chi connectivity index (χ0n) is 7.90. The summed E-state index contributed by atoms with van der Waals surface area (Å²) in [6.45, 7) is 1.50. The molecule has 1 fully saturated rings. The van der Waals surface area contributed by atoms with Crippen LogP contribution in [0.3, 0.4) is 0 Å². The Hall–Kier alpha value is -0.940. The predicted octanol–water partition coefficient (Wildman–Crippen LogP) is 0.619. The molecule has 1 aromatic heterocycles. The van der Waals surface area contributed by atoms with E-state index in [1.54, 1.807) is 17.5 Å². The minimum absolute atomic E-state index is 0.0776. The van der Waals surface area contributed by atoms with E-state index in [1.165, 1.54) is 7.11 Å². The highest BCUT2D eigenvalue weighted by molar-refractivity contribution is 7.09. The number of methoxy groups -OCH3 is 1. The van der Waals surface area contributed by atoms with Gasteiger partial charge in [0.05, 0.1) is 18.0 Å². The lowest BCUT2D eigenvalue weighted by atomic mass is 9.97. The van der Waals surface area contributed by atoms with Gasteiger partial charge in [0.2, 0.25) is 0 Å². The molecule has 1 N–H and O–H groups in total. The molecule has 14 heavy (non-hydrogen) atoms. The number of ether oxygens (including phenoxy) is 1. The number of nitrogens with one attached hydrogen (secondary N) is 1. The van der Waals surface area contributed by atoms with Gasteiger partial charge in [-0.25, -0.2) is 4.98 Å². The van der Waals surface area contributed by atoms with Gasteiger partial charge in [0.15, 0.2) is 0 Å². The summed E-state index contributed by atoms with van der Waals surface area (Å²) in [4.78, 5) is 15.7. The maximum absolute atomic E-state index is 11.4. The topological polar surface area (TPSA) is 51.2 Å². The molecule has 2 rings (SSSR count). The van der Waals surface area contributed by atoms with Crippen molar-refractivity contribution >= 4 is 17.3 Å². The average molecular weight is 212 g/mol. The third kappa shape index (κ3) is 1.65. The fourth-order valence-corrected chi connectivity index (χ4v) is 2.56. The molecule has 1 aliphatic rings. The van der Waals surface area contributed by atoms with Gasteiger partial charge in [-0.3, -0.25) is 4.79 Å². The van der Waals surface area contributed by atoms with Crippen LogP contribution >= 0.6 is 11.3 Å². The van der Waals surface area contributed by atoms with Gasteiger partial charge in [-0.2, -0.15) is 0 Å². The Morgan fingerprint density at radius 3 is 3.21 bits per heavy atom. The zero-order chi connectivity index (χ0) is 9.97. The first-order valence-corrected chi connectivity index (χ1v) is 5.39. The van der Waals surface area contributed by atoms with Gasteiger partial charge >= 0.3 is 5.97 Å². The minimum Gasteiger partial charge on any atom is -0.469 e. The molecule has 1 aromatic rings. The lowest BCUT2D eigenvalue weighted by Gasteiger charge is -2.13. The molecule has 0 spiro atoms. The molecule has 0 saturated carbocycles. The molecule has 0 bridgehead atoms. The summed E-state index contributed by atoms with van der Waals surface area (Å²) < 4.78 is 4.76. The van der Waals surface area contributed by atoms with Crippen molar-refractivity contribution in [2.45, 2.75) is 5.92 Å². The van der Waals surface area contributed by atoms with Crippen molar-refractivity contribution in [2.75, 3.05) is 20.2 Å². The number of thiazole rings is 1. The maximum atomic E-state index is 11.4. The van der Waals surface area contributed by atoms with E-state index in [1.807, 2.05) is 5.38 Å². The van der Waals surface area contributed by atoms with Crippen molar-refractivity contribution in [2.24, 2.45) is 5.92 Å². The van der Waals surface area contributed by atoms with E-state index in [4.69, 9.17) is 4.74 Å². The lowest BCUT2D eigenvalue weighted by molar-refractivity contribution is -0.145. The van der Waals surface area contributed by atoms with E-state index in [2.05, 4.69) is 10.3 Å². The summed E-state index contributed by atoms with van der Waals surface area (Å²) in [5.74, 6) is -0.0381. The Balaban J connectivity index is 2.15. The molecule has 5 heteroatoms. The second-order valence-electron chi connectivity index (χ2n) is 3.26. The zero-order valence-corrected chi connectivity index (χ0v) is 8.71. The molecule has 0 aliphatic carbocycles. The molecule has 2 heterocycles. The standard InChI is InChI=1S/C9H12N2O2S/c1-13-9(12)7-5-10-4-6(7)8-11-2-3-14-8/h2-3,6-7,10H,4-5H2,1H3. The smallest absolute Gasteiger partial charge is 0.310 e. The molecule has 4 nitrogen and oxygen atoms in total. The van der Waals surface area contributed by atoms with Crippen LogP contribution in [0.2, 0.25) is 0 Å². The minimum atomic E-state index is -0.143. The Morgan fingerprint density at radius 2 is 2.57 bits per heavy atom. The molecular weight excluding hydrogens is 200 g/mol. The monoisotopic (exact) mass is 212 g/mol. The number of hydrogen-bond acceptors (Lipinski definition) is 5. The number of aromatic nitrogens is 1. The molecule has 0 radical (unpaired) electrons. The van der Waals surface area contributed by atoms with Crippen molar-refractivity contribution in [3.8, 4) is 0 Å². The van der Waals surface area contributed by atoms with Crippen LogP contribution in [0.1, 0.15) is 10.9 Å². The fraction of sp³-hybridized carbons (Fsp3) is 0.556. The highest BCUT2D eigenvalue weighted by atomic mass is 32.1. The molecule has 1 aliphatic heterocycles. The Labute approximate surface area is 86.3 Å². The van der Waals surface area contributed by atoms with E-state index >= 15 is 0 Å². The van der Waals surface area contributed by atoms with Crippen LogP contribution in [0.4, 0.5) is 0 Å². The van der Waals surface area contributed by atoms with Gasteiger partial charge in [0, 0.05) is 30.6 Å². The molecule has 76 valence electrons. The summed E-state index contributed by atoms with van der Waals surface area (Å²) in [7, 11) is 1.43. The molecule has 2 unspecified atom stereocenters. The molecule has 2 atom stereocenters. The van der Waals surface area contributed by atoms with Crippen LogP contribution in [0.5, 0.6) is 0 Å². The number of hydrogen-bond donors (Lipinski definition) is 1. The summed E-state index contributed by atoms with van der Waals surface area (Å²) >= 11 is 1.59. The Bertz CT molecular complexity index is 313. The maximum Gasteiger partial charge on any atom is 0.310 e. The van der Waals surface area contributed by atoms with Crippen LogP contribution in [0.15, 0.2) is 11.6 Å². The van der Waals surface area contributed by atoms with Gasteiger partial charge in [-0.15, -0.1) is 11.3 Å². The van der Waals surface area contributed by atoms with Crippen molar-refractivity contribution in [3.05, 3.63) is 16.6 Å². The number of nitrogens with zero attached hydrogens (tertiary/aromatic N) is 1. The van der Waals surface area contributed by atoms with E-state index in [0.29, 0.717) is 6.54 Å². The second kappa shape index (κ2) is 4.06. The van der Waals surface area contributed by atoms with Gasteiger partial charge in [-0.05, 0) is 0 Å². The first-order valence-electron chi connectivity index (χ1n) is 4.51. The highest BCUT2D eigenvalue weighted by Gasteiger charge is 2.36. The summed E-state index contributed by atoms with van der Waals surface area (Å²) in [5, 5.41) is 6.14. The van der Waals surface area contributed by atoms with Gasteiger partial charge < -0.3 is 10.1 Å². The summed E-state index contributed by atoms with van der Waals surface area (Å²) in [5.41, 5.74) is 0. The van der Waals surface area contributed by atoms with Crippen molar-refractivity contribution in [1.82, 2.24) is 10.3 Å². The van der Waals surface area contributed by atoms with Crippen LogP contribution in [0, 0.1) is 5.92 Å². The SMILES string of the molecule is COC(=O)C1CNCC1c1nccs1. The van der Waals surface area contributed by atoms with Crippen LogP contribution in [0.25, 0.3) is 0 Å². The van der Waals surface area contributed by atoms with E-state index in [9.17, 15) is 4.79 Å². The van der Waals surface area contributed by atoms with E-state index in [0.717, 1.165) is 11.6 Å². The molecular formula is C9H12N2O2S. The average Bonchev–Trinajstić information content (AvgIpc) is 2.85. The number of carbonyl (C=O) groups excluding carboxylic acids is 1. The van der Waals surface area contributed by atoms with Crippen molar-refractivity contribution in [3.63, 3.8) is 0 Å². The molecule has 0 aromatic carbocycles. The summed E-state index contributed by atoms with van der Waals surface area (Å²) in [6, 6.07) is 0. The van der Waals surface area contributed by atoms with Crippen LogP contribution in [-0.4, -0.2) is 31.2 Å². The number of carbonyl (C=O) groups is 1. The Morgan fingerprint density at radius 1 is 1.71 bits per heavy atom. The molecule has 1 saturated heterocycles. The molecule has 0 amide bonds. The largest absolute Gasteiger partial charge is 0.469 e. The normalized spacial score (nSPS) is 26.4. The third-order valence-corrected chi connectivity index (χ3v) is 3.39. The Kier molecular flexibility index (Phi) is 2.79. The van der Waals surface area contributed by atoms with Crippen molar-refractivity contribution in [1.29, 1.82) is 0 Å². The van der Waals surface area contributed by atoms with E-state index < -0.39 is 0 Å². The summed E-state index contributed by atoms with van der Waals surface area (Å²) in [6.07, 6.45) is 1.77. The first-order chi connectivity index (χ1) is 6.83. The first kappa shape index (κ1) is 9.61. The van der Waals surface area contributed by atoms with Crippen molar-refractivity contribution < 1.29 is 9.53 Å². The quantitative estimate of drug-likeness (QED) is 0.730. The second-order valence-corrected chi connectivity index (χ2v) is 4.19. The fourth-order valence-electron chi connectivity index (χ4n) is 1.75. The highest BCUT2D eigenvalue weighted by Crippen LogP contribution is 2.29. The van der Waals surface area contributed by atoms with Crippen LogP contribution in [-0.2, 0) is 9.53 Å². The third-order valence-electron chi connectivity index (χ3n) is 2.49. The number of esters is 1. The van der Waals surface area contributed by atoms with E-state index in [-0.39, 0.29) is 17.8 Å². The van der Waals surface area contributed by atoms with Gasteiger partial charge in [0.25, 0.3) is 0 Å². The number of rotatable bonds is 2. The van der Waals surface area contributed by atoms with Crippen LogP contribution < -0.4 is 5.32 Å². The lowest BCUT2D eigenvalue weighted by Crippen LogP contribution is -2.22.